The smallest absolute Gasteiger partial charge is 0.240 e. The fourth-order valence-electron chi connectivity index (χ4n) is 2.83. The van der Waals surface area contributed by atoms with Crippen molar-refractivity contribution >= 4 is 20.0 Å². The van der Waals surface area contributed by atoms with Crippen LogP contribution in [0.1, 0.15) is 11.1 Å². The van der Waals surface area contributed by atoms with E-state index in [9.17, 15) is 16.8 Å². The molecule has 0 spiro atoms. The minimum absolute atomic E-state index is 0.199. The SMILES string of the molecule is COCCN(CCNS(=O)(=O)c1ccc(C)cc1)CCNS(=O)(=O)c1ccc(C)cc1. The first-order valence-electron chi connectivity index (χ1n) is 9.98. The van der Waals surface area contributed by atoms with Crippen molar-refractivity contribution in [3.8, 4) is 0 Å². The van der Waals surface area contributed by atoms with Crippen molar-refractivity contribution in [2.45, 2.75) is 23.6 Å². The summed E-state index contributed by atoms with van der Waals surface area (Å²) >= 11 is 0. The third kappa shape index (κ3) is 8.32. The molecule has 2 N–H and O–H groups in total. The minimum atomic E-state index is -3.60. The maximum absolute atomic E-state index is 12.4. The first kappa shape index (κ1) is 25.4. The van der Waals surface area contributed by atoms with E-state index in [1.54, 1.807) is 55.6 Å². The van der Waals surface area contributed by atoms with Crippen LogP contribution in [0.2, 0.25) is 0 Å². The summed E-state index contributed by atoms with van der Waals surface area (Å²) in [6.07, 6.45) is 0. The summed E-state index contributed by atoms with van der Waals surface area (Å²) in [7, 11) is -5.61. The van der Waals surface area contributed by atoms with Crippen LogP contribution in [-0.4, -0.2) is 68.2 Å². The molecule has 0 saturated heterocycles. The van der Waals surface area contributed by atoms with Crippen LogP contribution in [0.5, 0.6) is 0 Å². The number of methoxy groups -OCH3 is 1. The van der Waals surface area contributed by atoms with Crippen LogP contribution >= 0.6 is 0 Å². The van der Waals surface area contributed by atoms with Crippen LogP contribution in [0.3, 0.4) is 0 Å². The summed E-state index contributed by atoms with van der Waals surface area (Å²) in [5.41, 5.74) is 1.97. The molecule has 0 aliphatic carbocycles. The molecule has 172 valence electrons. The third-order valence-electron chi connectivity index (χ3n) is 4.71. The van der Waals surface area contributed by atoms with Crippen LogP contribution in [0.4, 0.5) is 0 Å². The summed E-state index contributed by atoms with van der Waals surface area (Å²) in [4.78, 5) is 2.37. The molecule has 0 bridgehead atoms. The van der Waals surface area contributed by atoms with E-state index < -0.39 is 20.0 Å². The second-order valence-electron chi connectivity index (χ2n) is 7.26. The zero-order chi connectivity index (χ0) is 22.9. The summed E-state index contributed by atoms with van der Waals surface area (Å²) < 4.78 is 60.0. The molecule has 0 aliphatic heterocycles. The lowest BCUT2D eigenvalue weighted by molar-refractivity contribution is 0.150. The Bertz CT molecular complexity index is 940. The average molecular weight is 470 g/mol. The van der Waals surface area contributed by atoms with Gasteiger partial charge in [0, 0.05) is 39.8 Å². The highest BCUT2D eigenvalue weighted by atomic mass is 32.2. The second-order valence-corrected chi connectivity index (χ2v) is 10.8. The van der Waals surface area contributed by atoms with E-state index in [0.717, 1.165) is 11.1 Å². The number of sulfonamides is 2. The van der Waals surface area contributed by atoms with Crippen molar-refractivity contribution in [3.63, 3.8) is 0 Å². The lowest BCUT2D eigenvalue weighted by atomic mass is 10.2. The third-order valence-corrected chi connectivity index (χ3v) is 7.67. The summed E-state index contributed by atoms with van der Waals surface area (Å²) in [5.74, 6) is 0. The largest absolute Gasteiger partial charge is 0.383 e. The van der Waals surface area contributed by atoms with E-state index in [1.807, 2.05) is 18.7 Å². The van der Waals surface area contributed by atoms with Crippen molar-refractivity contribution in [1.82, 2.24) is 14.3 Å². The van der Waals surface area contributed by atoms with Gasteiger partial charge in [-0.15, -0.1) is 0 Å². The highest BCUT2D eigenvalue weighted by molar-refractivity contribution is 7.89. The fourth-order valence-corrected chi connectivity index (χ4v) is 4.88. The molecule has 0 heterocycles. The lowest BCUT2D eigenvalue weighted by Gasteiger charge is -2.22. The van der Waals surface area contributed by atoms with Gasteiger partial charge in [0.15, 0.2) is 0 Å². The predicted octanol–water partition coefficient (Wildman–Crippen LogP) is 1.51. The molecule has 0 aromatic heterocycles. The van der Waals surface area contributed by atoms with Crippen LogP contribution in [-0.2, 0) is 24.8 Å². The lowest BCUT2D eigenvalue weighted by Crippen LogP contribution is -2.40. The van der Waals surface area contributed by atoms with Gasteiger partial charge in [-0.05, 0) is 38.1 Å². The Balaban J connectivity index is 1.88. The monoisotopic (exact) mass is 469 g/mol. The van der Waals surface area contributed by atoms with Gasteiger partial charge in [-0.2, -0.15) is 0 Å². The van der Waals surface area contributed by atoms with Gasteiger partial charge in [0.05, 0.1) is 16.4 Å². The molecule has 31 heavy (non-hydrogen) atoms. The number of nitrogens with zero attached hydrogens (tertiary/aromatic N) is 1. The Hall–Kier alpha value is -1.82. The summed E-state index contributed by atoms with van der Waals surface area (Å²) in [6.45, 7) is 6.02. The standard InChI is InChI=1S/C21H31N3O5S2/c1-18-4-8-20(9-5-18)30(25,26)22-12-14-24(16-17-29-3)15-13-23-31(27,28)21-10-6-19(2)7-11-21/h4-11,22-23H,12-17H2,1-3H3. The molecule has 0 saturated carbocycles. The van der Waals surface area contributed by atoms with Crippen molar-refractivity contribution in [2.24, 2.45) is 0 Å². The number of nitrogens with one attached hydrogen (secondary N) is 2. The molecule has 0 fully saturated rings. The molecule has 0 unspecified atom stereocenters. The number of aryl methyl sites for hydroxylation is 2. The highest BCUT2D eigenvalue weighted by Gasteiger charge is 2.16. The Labute approximate surface area is 185 Å². The molecule has 2 aromatic carbocycles. The number of ether oxygens (including phenoxy) is 1. The Kier molecular flexibility index (Phi) is 9.60. The number of hydrogen-bond acceptors (Lipinski definition) is 6. The quantitative estimate of drug-likeness (QED) is 0.461. The Morgan fingerprint density at radius 3 is 1.45 bits per heavy atom. The molecule has 8 nitrogen and oxygen atoms in total. The molecule has 2 rings (SSSR count). The zero-order valence-corrected chi connectivity index (χ0v) is 19.8. The molecular formula is C21H31N3O5S2. The van der Waals surface area contributed by atoms with Crippen LogP contribution in [0.25, 0.3) is 0 Å². The van der Waals surface area contributed by atoms with E-state index in [1.165, 1.54) is 0 Å². The van der Waals surface area contributed by atoms with Gasteiger partial charge in [-0.3, -0.25) is 4.90 Å². The maximum Gasteiger partial charge on any atom is 0.240 e. The van der Waals surface area contributed by atoms with Gasteiger partial charge in [0.25, 0.3) is 0 Å². The van der Waals surface area contributed by atoms with E-state index in [0.29, 0.717) is 26.2 Å². The van der Waals surface area contributed by atoms with Crippen LogP contribution in [0.15, 0.2) is 58.3 Å². The van der Waals surface area contributed by atoms with Gasteiger partial charge in [0.2, 0.25) is 20.0 Å². The van der Waals surface area contributed by atoms with Gasteiger partial charge < -0.3 is 4.74 Å². The summed E-state index contributed by atoms with van der Waals surface area (Å²) in [5, 5.41) is 0. The number of rotatable bonds is 13. The first-order chi connectivity index (χ1) is 14.6. The van der Waals surface area contributed by atoms with Gasteiger partial charge in [0.1, 0.15) is 0 Å². The molecule has 0 aliphatic rings. The average Bonchev–Trinajstić information content (AvgIpc) is 2.72. The second kappa shape index (κ2) is 11.7. The van der Waals surface area contributed by atoms with Crippen molar-refractivity contribution in [2.75, 3.05) is 46.4 Å². The van der Waals surface area contributed by atoms with Crippen molar-refractivity contribution in [3.05, 3.63) is 59.7 Å². The Morgan fingerprint density at radius 1 is 0.710 bits per heavy atom. The maximum atomic E-state index is 12.4. The van der Waals surface area contributed by atoms with Crippen molar-refractivity contribution in [1.29, 1.82) is 0 Å². The number of benzene rings is 2. The molecule has 2 aromatic rings. The van der Waals surface area contributed by atoms with Crippen LogP contribution < -0.4 is 9.44 Å². The predicted molar refractivity (Wildman–Crippen MR) is 121 cm³/mol. The summed E-state index contributed by atoms with van der Waals surface area (Å²) in [6, 6.07) is 13.3. The van der Waals surface area contributed by atoms with E-state index in [-0.39, 0.29) is 22.9 Å². The molecule has 0 amide bonds. The molecule has 0 radical (unpaired) electrons. The normalized spacial score (nSPS) is 12.4. The topological polar surface area (TPSA) is 105 Å². The minimum Gasteiger partial charge on any atom is -0.383 e. The van der Waals surface area contributed by atoms with Gasteiger partial charge in [-0.1, -0.05) is 35.4 Å². The fraction of sp³-hybridized carbons (Fsp3) is 0.429. The van der Waals surface area contributed by atoms with E-state index >= 15 is 0 Å². The molecule has 10 heteroatoms. The molecule has 0 atom stereocenters. The zero-order valence-electron chi connectivity index (χ0n) is 18.2. The first-order valence-corrected chi connectivity index (χ1v) is 12.9. The van der Waals surface area contributed by atoms with Gasteiger partial charge >= 0.3 is 0 Å². The van der Waals surface area contributed by atoms with Crippen LogP contribution in [0, 0.1) is 13.8 Å². The number of hydrogen-bond donors (Lipinski definition) is 2. The Morgan fingerprint density at radius 2 is 1.10 bits per heavy atom. The van der Waals surface area contributed by atoms with E-state index in [4.69, 9.17) is 4.74 Å². The van der Waals surface area contributed by atoms with Crippen molar-refractivity contribution < 1.29 is 21.6 Å². The highest BCUT2D eigenvalue weighted by Crippen LogP contribution is 2.10. The molecular weight excluding hydrogens is 438 g/mol. The van der Waals surface area contributed by atoms with E-state index in [2.05, 4.69) is 9.44 Å². The van der Waals surface area contributed by atoms with Gasteiger partial charge in [-0.25, -0.2) is 26.3 Å².